The van der Waals surface area contributed by atoms with Gasteiger partial charge >= 0.3 is 0 Å². The van der Waals surface area contributed by atoms with Gasteiger partial charge in [0.05, 0.1) is 34.3 Å². The van der Waals surface area contributed by atoms with Crippen molar-refractivity contribution in [2.75, 3.05) is 18.1 Å². The highest BCUT2D eigenvalue weighted by atomic mass is 32.2. The zero-order chi connectivity index (χ0) is 42.5. The number of rotatable bonds is 15. The summed E-state index contributed by atoms with van der Waals surface area (Å²) < 4.78 is 55.0. The molecule has 1 unspecified atom stereocenters. The maximum atomic E-state index is 14.9. The maximum Gasteiger partial charge on any atom is 0.287 e. The number of nitrogens with one attached hydrogen (secondary N) is 2. The molecule has 4 amide bonds. The summed E-state index contributed by atoms with van der Waals surface area (Å²) in [5.74, 6) is -5.41. The SMILES string of the molecule is CC(C)(O)c1cnnn1[C@H]1C[C@@H](C(=O)NC2(C(=O)C(N)=O)CCS(=O)(=O)CC2)N(C(=O)C(CC2CCCCC2)NC(=O)c2ccc(S(=O)(=O)N(C3CC3)C3CC3)cc2)C1. The summed E-state index contributed by atoms with van der Waals surface area (Å²) in [5, 5.41) is 24.6. The first kappa shape index (κ1) is 42.8. The van der Waals surface area contributed by atoms with E-state index in [1.807, 2.05) is 0 Å². The predicted molar refractivity (Wildman–Crippen MR) is 211 cm³/mol. The van der Waals surface area contributed by atoms with Crippen LogP contribution in [0.4, 0.5) is 0 Å². The van der Waals surface area contributed by atoms with E-state index in [9.17, 15) is 45.9 Å². The highest BCUT2D eigenvalue weighted by Gasteiger charge is 2.51. The number of Topliss-reactive ketones (excluding diaryl/α,β-unsaturated/α-hetero) is 1. The number of aromatic nitrogens is 3. The van der Waals surface area contributed by atoms with Gasteiger partial charge in [0.2, 0.25) is 27.6 Å². The molecule has 0 bridgehead atoms. The highest BCUT2D eigenvalue weighted by Crippen LogP contribution is 2.41. The smallest absolute Gasteiger partial charge is 0.287 e. The number of aliphatic hydroxyl groups is 1. The van der Waals surface area contributed by atoms with Crippen LogP contribution in [0.2, 0.25) is 0 Å². The van der Waals surface area contributed by atoms with E-state index in [2.05, 4.69) is 20.9 Å². The van der Waals surface area contributed by atoms with Gasteiger partial charge in [-0.15, -0.1) is 5.10 Å². The van der Waals surface area contributed by atoms with Gasteiger partial charge in [0.15, 0.2) is 9.84 Å². The van der Waals surface area contributed by atoms with Crippen LogP contribution in [0.3, 0.4) is 0 Å². The molecule has 3 heterocycles. The third-order valence-corrected chi connectivity index (χ3v) is 16.2. The average molecular weight is 859 g/mol. The third-order valence-electron chi connectivity index (χ3n) is 12.5. The van der Waals surface area contributed by atoms with Gasteiger partial charge in [-0.1, -0.05) is 37.3 Å². The Balaban J connectivity index is 1.18. The molecule has 0 radical (unpaired) electrons. The lowest BCUT2D eigenvalue weighted by molar-refractivity contribution is -0.145. The quantitative estimate of drug-likeness (QED) is 0.182. The number of ketones is 1. The zero-order valence-corrected chi connectivity index (χ0v) is 35.0. The molecule has 5 N–H and O–H groups in total. The minimum absolute atomic E-state index is 0.00242. The van der Waals surface area contributed by atoms with Crippen LogP contribution in [0.1, 0.15) is 119 Å². The fourth-order valence-electron chi connectivity index (χ4n) is 8.95. The van der Waals surface area contributed by atoms with E-state index in [1.165, 1.54) is 53.9 Å². The van der Waals surface area contributed by atoms with Gasteiger partial charge in [-0.25, -0.2) is 21.5 Å². The summed E-state index contributed by atoms with van der Waals surface area (Å²) in [7, 11) is -7.33. The molecule has 18 nitrogen and oxygen atoms in total. The van der Waals surface area contributed by atoms with Gasteiger partial charge in [-0.05, 0) is 89.0 Å². The molecule has 2 aromatic rings. The molecule has 5 fully saturated rings. The predicted octanol–water partition coefficient (Wildman–Crippen LogP) is 0.850. The lowest BCUT2D eigenvalue weighted by atomic mass is 9.84. The Hall–Kier alpha value is -4.27. The van der Waals surface area contributed by atoms with Gasteiger partial charge in [0.25, 0.3) is 11.8 Å². The molecule has 0 spiro atoms. The number of benzene rings is 1. The third kappa shape index (κ3) is 9.24. The fraction of sp³-hybridized carbons (Fsp3) is 0.667. The molecule has 2 saturated heterocycles. The van der Waals surface area contributed by atoms with Crippen molar-refractivity contribution >= 4 is 49.3 Å². The Kier molecular flexibility index (Phi) is 11.8. The van der Waals surface area contributed by atoms with Crippen LogP contribution < -0.4 is 16.4 Å². The number of primary amides is 1. The van der Waals surface area contributed by atoms with Gasteiger partial charge < -0.3 is 26.4 Å². The Morgan fingerprint density at radius 3 is 2.15 bits per heavy atom. The number of likely N-dealkylation sites (tertiary alicyclic amines) is 1. The largest absolute Gasteiger partial charge is 0.384 e. The summed E-state index contributed by atoms with van der Waals surface area (Å²) in [6.45, 7) is 2.96. The first-order valence-electron chi connectivity index (χ1n) is 20.5. The van der Waals surface area contributed by atoms with Crippen LogP contribution in [0.5, 0.6) is 0 Å². The number of nitrogens with zero attached hydrogens (tertiary/aromatic N) is 5. The molecule has 59 heavy (non-hydrogen) atoms. The molecule has 5 aliphatic rings. The number of hydrogen-bond acceptors (Lipinski definition) is 12. The van der Waals surface area contributed by atoms with Gasteiger partial charge in [0.1, 0.15) is 23.2 Å². The Morgan fingerprint density at radius 2 is 1.59 bits per heavy atom. The molecule has 20 heteroatoms. The summed E-state index contributed by atoms with van der Waals surface area (Å²) >= 11 is 0. The number of sulfone groups is 1. The standard InChI is InChI=1S/C39H54N8O10S2/c1-38(2,53)32-22-41-44-46(32)28-21-31(36(51)43-39(33(48)34(40)49)16-18-58(54,55)19-17-39)45(23-28)37(52)30(20-24-6-4-3-5-7-24)42-35(50)25-8-14-29(15-9-25)59(56,57)47(26-10-11-26)27-12-13-27/h8-9,14-15,22,24,26-28,30-31,53H,3-7,10-13,16-21,23H2,1-2H3,(H2,40,49)(H,42,50)(H,43,51)/t28-,30?,31-/m0/s1. The minimum Gasteiger partial charge on any atom is -0.384 e. The second-order valence-electron chi connectivity index (χ2n) is 17.5. The Morgan fingerprint density at radius 1 is 0.983 bits per heavy atom. The van der Waals surface area contributed by atoms with Crippen LogP contribution in [-0.2, 0) is 44.6 Å². The van der Waals surface area contributed by atoms with Crippen LogP contribution in [0.25, 0.3) is 0 Å². The van der Waals surface area contributed by atoms with E-state index in [1.54, 1.807) is 4.31 Å². The number of sulfonamides is 1. The van der Waals surface area contributed by atoms with Crippen LogP contribution in [0.15, 0.2) is 35.4 Å². The normalized spacial score (nSPS) is 24.0. The van der Waals surface area contributed by atoms with E-state index in [4.69, 9.17) is 5.73 Å². The van der Waals surface area contributed by atoms with Crippen LogP contribution >= 0.6 is 0 Å². The molecule has 1 aromatic carbocycles. The Labute approximate surface area is 344 Å². The van der Waals surface area contributed by atoms with E-state index < -0.39 is 103 Å². The fourth-order valence-corrected chi connectivity index (χ4v) is 12.4. The second-order valence-corrected chi connectivity index (χ2v) is 21.7. The highest BCUT2D eigenvalue weighted by molar-refractivity contribution is 7.91. The van der Waals surface area contributed by atoms with E-state index in [-0.39, 0.29) is 47.8 Å². The summed E-state index contributed by atoms with van der Waals surface area (Å²) in [6, 6.07) is 2.52. The molecule has 322 valence electrons. The number of hydrogen-bond donors (Lipinski definition) is 4. The topological polar surface area (TPSA) is 261 Å². The number of amides is 4. The van der Waals surface area contributed by atoms with E-state index >= 15 is 0 Å². The van der Waals surface area contributed by atoms with Crippen molar-refractivity contribution in [3.63, 3.8) is 0 Å². The first-order valence-corrected chi connectivity index (χ1v) is 23.8. The minimum atomic E-state index is -3.77. The molecule has 3 saturated carbocycles. The van der Waals surface area contributed by atoms with Crippen LogP contribution in [-0.4, -0.2) is 123 Å². The number of nitrogens with two attached hydrogens (primary N) is 1. The van der Waals surface area contributed by atoms with Crippen molar-refractivity contribution in [2.45, 2.75) is 144 Å². The van der Waals surface area contributed by atoms with Gasteiger partial charge in [-0.2, -0.15) is 4.31 Å². The van der Waals surface area contributed by atoms with Gasteiger partial charge in [0, 0.05) is 30.6 Å². The summed E-state index contributed by atoms with van der Waals surface area (Å²) in [6.07, 6.45) is 8.66. The van der Waals surface area contributed by atoms with Crippen molar-refractivity contribution in [1.82, 2.24) is 34.8 Å². The molecule has 3 aliphatic carbocycles. The molecule has 3 atom stereocenters. The maximum absolute atomic E-state index is 14.9. The average Bonchev–Trinajstić information content (AvgIpc) is 4.11. The lowest BCUT2D eigenvalue weighted by Gasteiger charge is -2.37. The first-order chi connectivity index (χ1) is 27.8. The van der Waals surface area contributed by atoms with Crippen molar-refractivity contribution in [2.24, 2.45) is 11.7 Å². The molecule has 2 aliphatic heterocycles. The molecular weight excluding hydrogens is 805 g/mol. The number of carbonyl (C=O) groups is 5. The summed E-state index contributed by atoms with van der Waals surface area (Å²) in [5.41, 5.74) is 2.51. The summed E-state index contributed by atoms with van der Waals surface area (Å²) in [4.78, 5) is 70.2. The molecule has 1 aromatic heterocycles. The Bertz CT molecular complexity index is 2160. The zero-order valence-electron chi connectivity index (χ0n) is 33.4. The van der Waals surface area contributed by atoms with E-state index in [0.717, 1.165) is 57.8 Å². The van der Waals surface area contributed by atoms with Crippen molar-refractivity contribution in [3.05, 3.63) is 41.7 Å². The monoisotopic (exact) mass is 858 g/mol. The van der Waals surface area contributed by atoms with Crippen molar-refractivity contribution < 1.29 is 45.9 Å². The lowest BCUT2D eigenvalue weighted by Crippen LogP contribution is -2.64. The molecule has 7 rings (SSSR count). The van der Waals surface area contributed by atoms with E-state index in [0.29, 0.717) is 5.69 Å². The van der Waals surface area contributed by atoms with Crippen molar-refractivity contribution in [1.29, 1.82) is 0 Å². The van der Waals surface area contributed by atoms with Crippen molar-refractivity contribution in [3.8, 4) is 0 Å². The number of carbonyl (C=O) groups excluding carboxylic acids is 5. The molecular formula is C39H54N8O10S2. The second kappa shape index (κ2) is 16.3. The van der Waals surface area contributed by atoms with Crippen LogP contribution in [0, 0.1) is 5.92 Å². The van der Waals surface area contributed by atoms with Gasteiger partial charge in [-0.3, -0.25) is 24.0 Å².